The Kier molecular flexibility index (Phi) is 4.54. The van der Waals surface area contributed by atoms with Crippen molar-refractivity contribution in [2.75, 3.05) is 18.8 Å². The van der Waals surface area contributed by atoms with Crippen LogP contribution >= 0.6 is 0 Å². The molecule has 0 saturated carbocycles. The second-order valence-electron chi connectivity index (χ2n) is 5.14. The molecule has 1 aromatic heterocycles. The second kappa shape index (κ2) is 5.98. The molecule has 2 heterocycles. The molecule has 0 radical (unpaired) electrons. The average Bonchev–Trinajstić information content (AvgIpc) is 2.80. The van der Waals surface area contributed by atoms with Gasteiger partial charge in [-0.15, -0.1) is 0 Å². The molecule has 1 fully saturated rings. The van der Waals surface area contributed by atoms with E-state index in [9.17, 15) is 8.42 Å². The van der Waals surface area contributed by atoms with E-state index in [-0.39, 0.29) is 11.8 Å². The number of sulfonamides is 1. The summed E-state index contributed by atoms with van der Waals surface area (Å²) < 4.78 is 26.3. The molecule has 19 heavy (non-hydrogen) atoms. The fourth-order valence-corrected chi connectivity index (χ4v) is 4.34. The third kappa shape index (κ3) is 3.52. The Bertz CT molecular complexity index is 504. The summed E-state index contributed by atoms with van der Waals surface area (Å²) in [5, 5.41) is 0. The quantitative estimate of drug-likeness (QED) is 0.859. The molecule has 2 rings (SSSR count). The number of rotatable bonds is 5. The normalized spacial score (nSPS) is 24.7. The van der Waals surface area contributed by atoms with E-state index < -0.39 is 10.0 Å². The highest BCUT2D eigenvalue weighted by Crippen LogP contribution is 2.25. The van der Waals surface area contributed by atoms with Crippen LogP contribution in [0.4, 0.5) is 0 Å². The van der Waals surface area contributed by atoms with Crippen LogP contribution in [0.1, 0.15) is 19.0 Å². The summed E-state index contributed by atoms with van der Waals surface area (Å²) in [6, 6.07) is 5.61. The zero-order valence-corrected chi connectivity index (χ0v) is 12.0. The van der Waals surface area contributed by atoms with Crippen LogP contribution in [0.25, 0.3) is 0 Å². The van der Waals surface area contributed by atoms with Crippen LogP contribution in [0.15, 0.2) is 24.4 Å². The summed E-state index contributed by atoms with van der Waals surface area (Å²) in [4.78, 5) is 4.16. The molecule has 0 spiro atoms. The SMILES string of the molecule is CC1CC(CN)CN1S(=O)(=O)CCc1ccccn1. The molecule has 6 heteroatoms. The minimum Gasteiger partial charge on any atom is -0.330 e. The standard InChI is InChI=1S/C13H21N3O2S/c1-11-8-12(9-14)10-16(11)19(17,18)7-5-13-4-2-3-6-15-13/h2-4,6,11-12H,5,7-10,14H2,1H3. The molecule has 1 saturated heterocycles. The second-order valence-corrected chi connectivity index (χ2v) is 7.18. The fourth-order valence-electron chi connectivity index (χ4n) is 2.56. The lowest BCUT2D eigenvalue weighted by Crippen LogP contribution is -2.36. The van der Waals surface area contributed by atoms with Crippen molar-refractivity contribution in [2.24, 2.45) is 11.7 Å². The summed E-state index contributed by atoms with van der Waals surface area (Å²) in [6.45, 7) is 3.06. The Hall–Kier alpha value is -0.980. The number of pyridine rings is 1. The topological polar surface area (TPSA) is 76.3 Å². The van der Waals surface area contributed by atoms with E-state index in [1.54, 1.807) is 10.5 Å². The van der Waals surface area contributed by atoms with Gasteiger partial charge in [0.15, 0.2) is 0 Å². The van der Waals surface area contributed by atoms with E-state index in [4.69, 9.17) is 5.73 Å². The maximum atomic E-state index is 12.3. The Morgan fingerprint density at radius 2 is 2.26 bits per heavy atom. The van der Waals surface area contributed by atoms with Crippen LogP contribution in [-0.2, 0) is 16.4 Å². The summed E-state index contributed by atoms with van der Waals surface area (Å²) in [5.41, 5.74) is 6.45. The van der Waals surface area contributed by atoms with E-state index in [1.165, 1.54) is 0 Å². The first-order chi connectivity index (χ1) is 9.03. The highest BCUT2D eigenvalue weighted by Gasteiger charge is 2.35. The maximum absolute atomic E-state index is 12.3. The zero-order chi connectivity index (χ0) is 13.9. The highest BCUT2D eigenvalue weighted by molar-refractivity contribution is 7.89. The van der Waals surface area contributed by atoms with Crippen molar-refractivity contribution < 1.29 is 8.42 Å². The summed E-state index contributed by atoms with van der Waals surface area (Å²) >= 11 is 0. The van der Waals surface area contributed by atoms with Crippen LogP contribution in [0, 0.1) is 5.92 Å². The van der Waals surface area contributed by atoms with Crippen LogP contribution in [0.3, 0.4) is 0 Å². The Labute approximate surface area is 114 Å². The van der Waals surface area contributed by atoms with Gasteiger partial charge < -0.3 is 5.73 Å². The molecule has 2 N–H and O–H groups in total. The zero-order valence-electron chi connectivity index (χ0n) is 11.2. The third-order valence-corrected chi connectivity index (χ3v) is 5.58. The minimum absolute atomic E-state index is 0.0577. The van der Waals surface area contributed by atoms with Gasteiger partial charge in [0.2, 0.25) is 10.0 Å². The predicted octanol–water partition coefficient (Wildman–Crippen LogP) is 0.623. The summed E-state index contributed by atoms with van der Waals surface area (Å²) in [7, 11) is -3.21. The molecule has 0 bridgehead atoms. The molecular formula is C13H21N3O2S. The summed E-state index contributed by atoms with van der Waals surface area (Å²) in [5.74, 6) is 0.408. The van der Waals surface area contributed by atoms with Gasteiger partial charge in [-0.25, -0.2) is 8.42 Å². The number of nitrogens with two attached hydrogens (primary N) is 1. The van der Waals surface area contributed by atoms with Gasteiger partial charge >= 0.3 is 0 Å². The summed E-state index contributed by atoms with van der Waals surface area (Å²) in [6.07, 6.45) is 3.00. The molecule has 2 unspecified atom stereocenters. The van der Waals surface area contributed by atoms with E-state index in [0.717, 1.165) is 12.1 Å². The van der Waals surface area contributed by atoms with E-state index in [0.29, 0.717) is 25.4 Å². The molecule has 2 atom stereocenters. The average molecular weight is 283 g/mol. The molecule has 0 amide bonds. The largest absolute Gasteiger partial charge is 0.330 e. The van der Waals surface area contributed by atoms with E-state index in [1.807, 2.05) is 25.1 Å². The Morgan fingerprint density at radius 1 is 1.47 bits per heavy atom. The van der Waals surface area contributed by atoms with Crippen molar-refractivity contribution in [3.63, 3.8) is 0 Å². The maximum Gasteiger partial charge on any atom is 0.214 e. The van der Waals surface area contributed by atoms with Gasteiger partial charge in [0.1, 0.15) is 0 Å². The van der Waals surface area contributed by atoms with Crippen LogP contribution in [-0.4, -0.2) is 42.6 Å². The molecule has 0 aromatic carbocycles. The monoisotopic (exact) mass is 283 g/mol. The van der Waals surface area contributed by atoms with Crippen LogP contribution in [0.2, 0.25) is 0 Å². The lowest BCUT2D eigenvalue weighted by molar-refractivity contribution is 0.404. The van der Waals surface area contributed by atoms with Crippen molar-refractivity contribution in [1.82, 2.24) is 9.29 Å². The van der Waals surface area contributed by atoms with Gasteiger partial charge in [0.25, 0.3) is 0 Å². The van der Waals surface area contributed by atoms with Crippen LogP contribution < -0.4 is 5.73 Å². The minimum atomic E-state index is -3.21. The van der Waals surface area contributed by atoms with Gasteiger partial charge in [0, 0.05) is 30.9 Å². The molecule has 0 aliphatic carbocycles. The van der Waals surface area contributed by atoms with Gasteiger partial charge in [-0.3, -0.25) is 4.98 Å². The van der Waals surface area contributed by atoms with Crippen molar-refractivity contribution in [1.29, 1.82) is 0 Å². The number of nitrogens with zero attached hydrogens (tertiary/aromatic N) is 2. The fraction of sp³-hybridized carbons (Fsp3) is 0.615. The number of aromatic nitrogens is 1. The predicted molar refractivity (Wildman–Crippen MR) is 75.1 cm³/mol. The van der Waals surface area contributed by atoms with Crippen molar-refractivity contribution >= 4 is 10.0 Å². The molecule has 106 valence electrons. The molecule has 5 nitrogen and oxygen atoms in total. The third-order valence-electron chi connectivity index (χ3n) is 3.64. The smallest absolute Gasteiger partial charge is 0.214 e. The van der Waals surface area contributed by atoms with Gasteiger partial charge in [-0.05, 0) is 37.9 Å². The first-order valence-corrected chi connectivity index (χ1v) is 8.23. The van der Waals surface area contributed by atoms with Crippen LogP contribution in [0.5, 0.6) is 0 Å². The molecular weight excluding hydrogens is 262 g/mol. The lowest BCUT2D eigenvalue weighted by Gasteiger charge is -2.20. The van der Waals surface area contributed by atoms with Crippen molar-refractivity contribution in [2.45, 2.75) is 25.8 Å². The van der Waals surface area contributed by atoms with E-state index in [2.05, 4.69) is 4.98 Å². The Morgan fingerprint density at radius 3 is 2.84 bits per heavy atom. The lowest BCUT2D eigenvalue weighted by atomic mass is 10.1. The number of hydrogen-bond acceptors (Lipinski definition) is 4. The van der Waals surface area contributed by atoms with Gasteiger partial charge in [-0.2, -0.15) is 4.31 Å². The first kappa shape index (κ1) is 14.4. The first-order valence-electron chi connectivity index (χ1n) is 6.62. The van der Waals surface area contributed by atoms with Gasteiger partial charge in [-0.1, -0.05) is 6.07 Å². The molecule has 1 aromatic rings. The molecule has 1 aliphatic rings. The van der Waals surface area contributed by atoms with Crippen molar-refractivity contribution in [3.8, 4) is 0 Å². The van der Waals surface area contributed by atoms with Gasteiger partial charge in [0.05, 0.1) is 5.75 Å². The number of hydrogen-bond donors (Lipinski definition) is 1. The van der Waals surface area contributed by atoms with E-state index >= 15 is 0 Å². The highest BCUT2D eigenvalue weighted by atomic mass is 32.2. The Balaban J connectivity index is 1.99. The number of aryl methyl sites for hydroxylation is 1. The van der Waals surface area contributed by atoms with Crippen molar-refractivity contribution in [3.05, 3.63) is 30.1 Å². The molecule has 1 aliphatic heterocycles.